The van der Waals surface area contributed by atoms with Crippen LogP contribution in [0.5, 0.6) is 0 Å². The number of rotatable bonds is 15. The van der Waals surface area contributed by atoms with E-state index in [0.717, 1.165) is 29.6 Å². The van der Waals surface area contributed by atoms with Crippen molar-refractivity contribution in [3.8, 4) is 0 Å². The fourth-order valence-electron chi connectivity index (χ4n) is 2.27. The van der Waals surface area contributed by atoms with Crippen molar-refractivity contribution in [3.63, 3.8) is 0 Å². The van der Waals surface area contributed by atoms with Crippen molar-refractivity contribution in [2.45, 2.75) is 30.7 Å². The third-order valence-electron chi connectivity index (χ3n) is 3.77. The molecule has 0 fully saturated rings. The van der Waals surface area contributed by atoms with E-state index in [0.29, 0.717) is 6.54 Å². The number of hydrogen-bond donors (Lipinski definition) is 3. The predicted octanol–water partition coefficient (Wildman–Crippen LogP) is -4.17. The number of carboxylic acid groups (broad SMARTS) is 3. The quantitative estimate of drug-likeness (QED) is 0.0680. The first kappa shape index (κ1) is 34.7. The maximum absolute atomic E-state index is 10.5. The average Bonchev–Trinajstić information content (AvgIpc) is 3.12. The fraction of sp³-hybridized carbons (Fsp3) is 0.526. The predicted molar refractivity (Wildman–Crippen MR) is 119 cm³/mol. The molecule has 16 heteroatoms. The van der Waals surface area contributed by atoms with E-state index in [1.807, 2.05) is 26.2 Å². The monoisotopic (exact) mass is 712 g/mol. The summed E-state index contributed by atoms with van der Waals surface area (Å²) in [5.74, 6) is -2.47. The van der Waals surface area contributed by atoms with E-state index in [1.54, 1.807) is 11.8 Å². The molecule has 1 aromatic rings. The SMILES string of the molecule is CNC(=CNCCSCc1ccc(CN(C)C)o1)[N+](=O)[O-].O=C([O-])CC(O)(CC(=O)[O-])C(=O)[O-].[Bi+3]. The molecule has 3 N–H and O–H groups in total. The third kappa shape index (κ3) is 16.0. The summed E-state index contributed by atoms with van der Waals surface area (Å²) in [6, 6.07) is 3.98. The number of aliphatic hydroxyl groups is 1. The molecule has 194 valence electrons. The molecule has 1 rings (SSSR count). The van der Waals surface area contributed by atoms with Gasteiger partial charge in [-0.3, -0.25) is 5.32 Å². The molecule has 35 heavy (non-hydrogen) atoms. The topological polar surface area (TPSA) is 224 Å². The summed E-state index contributed by atoms with van der Waals surface area (Å²) in [5.41, 5.74) is -2.97. The second-order valence-corrected chi connectivity index (χ2v) is 8.17. The summed E-state index contributed by atoms with van der Waals surface area (Å²) in [6.45, 7) is 1.46. The number of hydrogen-bond acceptors (Lipinski definition) is 14. The number of furan rings is 1. The molecule has 1 heterocycles. The fourth-order valence-corrected chi connectivity index (χ4v) is 3.03. The number of nitrogens with zero attached hydrogens (tertiary/aromatic N) is 2. The van der Waals surface area contributed by atoms with Gasteiger partial charge in [0.15, 0.2) is 0 Å². The first-order valence-corrected chi connectivity index (χ1v) is 10.9. The molecule has 0 unspecified atom stereocenters. The van der Waals surface area contributed by atoms with E-state index in [4.69, 9.17) is 9.52 Å². The summed E-state index contributed by atoms with van der Waals surface area (Å²) in [6.07, 6.45) is -1.34. The van der Waals surface area contributed by atoms with Gasteiger partial charge in [-0.2, -0.15) is 11.8 Å². The number of carbonyl (C=O) groups is 3. The number of nitrogens with one attached hydrogen (secondary N) is 2. The van der Waals surface area contributed by atoms with Crippen molar-refractivity contribution in [2.75, 3.05) is 33.4 Å². The Labute approximate surface area is 225 Å². The Morgan fingerprint density at radius 3 is 2.14 bits per heavy atom. The summed E-state index contributed by atoms with van der Waals surface area (Å²) in [7, 11) is 5.52. The van der Waals surface area contributed by atoms with Crippen LogP contribution in [0.25, 0.3) is 0 Å². The van der Waals surface area contributed by atoms with Crippen LogP contribution < -0.4 is 26.0 Å². The van der Waals surface area contributed by atoms with Gasteiger partial charge in [-0.05, 0) is 31.2 Å². The van der Waals surface area contributed by atoms with Gasteiger partial charge in [0, 0.05) is 37.1 Å². The van der Waals surface area contributed by atoms with Crippen molar-refractivity contribution in [3.05, 3.63) is 45.8 Å². The Balaban J connectivity index is 0. The van der Waals surface area contributed by atoms with Crippen molar-refractivity contribution in [1.29, 1.82) is 0 Å². The van der Waals surface area contributed by atoms with Gasteiger partial charge in [0.2, 0.25) is 0 Å². The molecule has 0 spiro atoms. The van der Waals surface area contributed by atoms with Gasteiger partial charge in [-0.1, -0.05) is 0 Å². The van der Waals surface area contributed by atoms with Crippen molar-refractivity contribution < 1.29 is 44.2 Å². The average molecular weight is 712 g/mol. The second kappa shape index (κ2) is 17.9. The third-order valence-corrected chi connectivity index (χ3v) is 4.75. The van der Waals surface area contributed by atoms with Crippen LogP contribution in [0.2, 0.25) is 0 Å². The molecule has 0 saturated heterocycles. The number of nitro groups is 1. The Morgan fingerprint density at radius 2 is 1.71 bits per heavy atom. The number of carbonyl (C=O) groups excluding carboxylic acids is 3. The molecule has 2 radical (unpaired) electrons. The summed E-state index contributed by atoms with van der Waals surface area (Å²) >= 11 is 1.72. The van der Waals surface area contributed by atoms with E-state index < -0.39 is 41.3 Å². The number of thioether (sulfide) groups is 1. The van der Waals surface area contributed by atoms with Gasteiger partial charge in [-0.25, -0.2) is 0 Å². The number of aliphatic carboxylic acids is 3. The van der Waals surface area contributed by atoms with Crippen LogP contribution in [0, 0.1) is 10.1 Å². The standard InChI is InChI=1S/C13H22N4O3S.C6H8O7.Bi/c1-14-13(17(18)19)8-15-6-7-21-10-12-5-4-11(20-12)9-16(2)3;7-3(8)1-6(13,5(11)12)2-4(9)10;/h4-5,8,14-15H,6-7,9-10H2,1-3H3;13H,1-2H2,(H,7,8)(H,9,10)(H,11,12);/q;;+3/p-3. The molecule has 0 amide bonds. The summed E-state index contributed by atoms with van der Waals surface area (Å²) < 4.78 is 5.69. The Morgan fingerprint density at radius 1 is 1.17 bits per heavy atom. The smallest absolute Gasteiger partial charge is 0.550 e. The Bertz CT molecular complexity index is 846. The maximum Gasteiger partial charge on any atom is 3.00 e. The van der Waals surface area contributed by atoms with E-state index in [2.05, 4.69) is 15.5 Å². The molecule has 0 aliphatic carbocycles. The van der Waals surface area contributed by atoms with E-state index in [9.17, 15) is 39.8 Å². The van der Waals surface area contributed by atoms with E-state index >= 15 is 0 Å². The van der Waals surface area contributed by atoms with E-state index in [1.165, 1.54) is 13.2 Å². The largest absolute Gasteiger partial charge is 3.00 e. The molecule has 0 atom stereocenters. The molecule has 0 bridgehead atoms. The number of carboxylic acids is 3. The molecule has 1 aromatic heterocycles. The minimum atomic E-state index is -2.97. The van der Waals surface area contributed by atoms with Crippen molar-refractivity contribution in [1.82, 2.24) is 15.5 Å². The van der Waals surface area contributed by atoms with E-state index in [-0.39, 0.29) is 32.0 Å². The zero-order chi connectivity index (χ0) is 26.3. The van der Waals surface area contributed by atoms with Gasteiger partial charge in [0.1, 0.15) is 17.1 Å². The van der Waals surface area contributed by atoms with Crippen LogP contribution in [0.4, 0.5) is 0 Å². The molecule has 0 aromatic carbocycles. The van der Waals surface area contributed by atoms with Gasteiger partial charge in [0.05, 0.1) is 31.5 Å². The van der Waals surface area contributed by atoms with Gasteiger partial charge < -0.3 is 59.6 Å². The van der Waals surface area contributed by atoms with Crippen LogP contribution in [0.1, 0.15) is 24.4 Å². The molecule has 14 nitrogen and oxygen atoms in total. The minimum absolute atomic E-state index is 0. The Kier molecular flexibility index (Phi) is 17.8. The molecule has 0 saturated carbocycles. The molecular formula is C19H27BiN4O10S. The second-order valence-electron chi connectivity index (χ2n) is 7.07. The minimum Gasteiger partial charge on any atom is -0.550 e. The van der Waals surface area contributed by atoms with Gasteiger partial charge >= 0.3 is 32.0 Å². The van der Waals surface area contributed by atoms with Crippen LogP contribution in [-0.4, -0.2) is 98.1 Å². The van der Waals surface area contributed by atoms with Crippen LogP contribution in [-0.2, 0) is 26.7 Å². The van der Waals surface area contributed by atoms with Gasteiger partial charge in [0.25, 0.3) is 0 Å². The van der Waals surface area contributed by atoms with Crippen LogP contribution in [0.3, 0.4) is 0 Å². The first-order valence-electron chi connectivity index (χ1n) is 9.70. The Hall–Kier alpha value is -2.42. The summed E-state index contributed by atoms with van der Waals surface area (Å²) in [5, 5.41) is 54.9. The normalized spacial score (nSPS) is 11.1. The van der Waals surface area contributed by atoms with Crippen LogP contribution in [0.15, 0.2) is 28.6 Å². The molecule has 0 aliphatic rings. The maximum atomic E-state index is 10.5. The van der Waals surface area contributed by atoms with Crippen LogP contribution >= 0.6 is 11.8 Å². The van der Waals surface area contributed by atoms with Crippen molar-refractivity contribution in [2.24, 2.45) is 0 Å². The first-order chi connectivity index (χ1) is 15.8. The van der Waals surface area contributed by atoms with Crippen molar-refractivity contribution >= 4 is 55.9 Å². The molecular weight excluding hydrogens is 685 g/mol. The van der Waals surface area contributed by atoms with Gasteiger partial charge in [-0.15, -0.1) is 0 Å². The zero-order valence-electron chi connectivity index (χ0n) is 19.3. The summed E-state index contributed by atoms with van der Waals surface area (Å²) in [4.78, 5) is 42.1. The zero-order valence-corrected chi connectivity index (χ0v) is 23.6. The molecule has 0 aliphatic heterocycles.